The largest absolute Gasteiger partial charge is 0.477 e. The number of carbonyl (C=O) groups excluding carboxylic acids is 1. The Labute approximate surface area is 105 Å². The molecule has 4 unspecified atom stereocenters. The van der Waals surface area contributed by atoms with Crippen molar-refractivity contribution >= 4 is 11.9 Å². The summed E-state index contributed by atoms with van der Waals surface area (Å²) >= 11 is 0. The van der Waals surface area contributed by atoms with E-state index in [1.807, 2.05) is 6.92 Å². The van der Waals surface area contributed by atoms with Crippen molar-refractivity contribution in [1.82, 2.24) is 4.90 Å². The third-order valence-corrected chi connectivity index (χ3v) is 3.75. The van der Waals surface area contributed by atoms with Crippen LogP contribution in [-0.2, 0) is 9.59 Å². The van der Waals surface area contributed by atoms with E-state index in [-0.39, 0.29) is 11.6 Å². The van der Waals surface area contributed by atoms with Crippen LogP contribution in [0.1, 0.15) is 26.7 Å². The minimum Gasteiger partial charge on any atom is -0.477 e. The summed E-state index contributed by atoms with van der Waals surface area (Å²) in [5, 5.41) is 18.8. The molecule has 6 nitrogen and oxygen atoms in total. The summed E-state index contributed by atoms with van der Waals surface area (Å²) < 4.78 is 0. The minimum atomic E-state index is -1.12. The van der Waals surface area contributed by atoms with E-state index in [9.17, 15) is 19.8 Å². The Bertz CT molecular complexity index is 430. The number of nitrogens with two attached hydrogens (primary N) is 1. The minimum absolute atomic E-state index is 0.0243. The zero-order valence-corrected chi connectivity index (χ0v) is 10.5. The second kappa shape index (κ2) is 4.37. The van der Waals surface area contributed by atoms with Crippen LogP contribution >= 0.6 is 0 Å². The van der Waals surface area contributed by atoms with Crippen molar-refractivity contribution in [3.05, 3.63) is 11.3 Å². The average molecular weight is 254 g/mol. The maximum Gasteiger partial charge on any atom is 0.352 e. The van der Waals surface area contributed by atoms with Gasteiger partial charge in [0.2, 0.25) is 5.91 Å². The van der Waals surface area contributed by atoms with Crippen LogP contribution in [0.25, 0.3) is 0 Å². The van der Waals surface area contributed by atoms with E-state index in [0.29, 0.717) is 12.0 Å². The fraction of sp³-hybridized carbons (Fsp3) is 0.667. The second-order valence-electron chi connectivity index (χ2n) is 4.92. The summed E-state index contributed by atoms with van der Waals surface area (Å²) in [5.41, 5.74) is 6.68. The molecular formula is C12H18N2O4. The van der Waals surface area contributed by atoms with E-state index in [2.05, 4.69) is 0 Å². The highest BCUT2D eigenvalue weighted by Crippen LogP contribution is 2.44. The molecule has 0 aliphatic carbocycles. The molecule has 0 radical (unpaired) electrons. The maximum absolute atomic E-state index is 11.9. The van der Waals surface area contributed by atoms with Crippen LogP contribution < -0.4 is 5.73 Å². The third kappa shape index (κ3) is 1.56. The average Bonchev–Trinajstić information content (AvgIpc) is 2.50. The number of carbonyl (C=O) groups is 2. The van der Waals surface area contributed by atoms with Gasteiger partial charge >= 0.3 is 5.97 Å². The van der Waals surface area contributed by atoms with Crippen LogP contribution in [0.2, 0.25) is 0 Å². The molecule has 100 valence electrons. The summed E-state index contributed by atoms with van der Waals surface area (Å²) in [5.74, 6) is -2.04. The highest BCUT2D eigenvalue weighted by atomic mass is 16.4. The van der Waals surface area contributed by atoms with E-state index in [0.717, 1.165) is 6.42 Å². The molecule has 2 aliphatic rings. The Morgan fingerprint density at radius 1 is 1.56 bits per heavy atom. The third-order valence-electron chi connectivity index (χ3n) is 3.75. The number of aliphatic hydroxyl groups excluding tert-OH is 1. The number of hydrogen-bond acceptors (Lipinski definition) is 4. The summed E-state index contributed by atoms with van der Waals surface area (Å²) in [7, 11) is 0. The first-order chi connectivity index (χ1) is 8.41. The molecule has 1 amide bonds. The molecule has 0 spiro atoms. The van der Waals surface area contributed by atoms with Crippen molar-refractivity contribution in [3.63, 3.8) is 0 Å². The van der Waals surface area contributed by atoms with Crippen molar-refractivity contribution in [3.8, 4) is 0 Å². The van der Waals surface area contributed by atoms with E-state index in [1.54, 1.807) is 0 Å². The van der Waals surface area contributed by atoms with Crippen LogP contribution in [0.4, 0.5) is 0 Å². The number of nitrogens with zero attached hydrogens (tertiary/aromatic N) is 1. The van der Waals surface area contributed by atoms with Crippen LogP contribution in [-0.4, -0.2) is 45.2 Å². The van der Waals surface area contributed by atoms with E-state index < -0.39 is 30.1 Å². The number of fused-ring (bicyclic) bond motifs is 1. The highest BCUT2D eigenvalue weighted by molar-refractivity contribution is 6.00. The molecular weight excluding hydrogens is 236 g/mol. The lowest BCUT2D eigenvalue weighted by Gasteiger charge is -2.46. The number of carboxylic acids is 1. The number of aliphatic carboxylic acids is 1. The number of aliphatic hydroxyl groups is 1. The van der Waals surface area contributed by atoms with Crippen LogP contribution in [0.15, 0.2) is 11.3 Å². The van der Waals surface area contributed by atoms with Gasteiger partial charge in [-0.2, -0.15) is 0 Å². The molecule has 0 aromatic carbocycles. The van der Waals surface area contributed by atoms with Crippen molar-refractivity contribution in [1.29, 1.82) is 0 Å². The highest BCUT2D eigenvalue weighted by Gasteiger charge is 2.59. The smallest absolute Gasteiger partial charge is 0.352 e. The monoisotopic (exact) mass is 254 g/mol. The van der Waals surface area contributed by atoms with Crippen LogP contribution in [0.5, 0.6) is 0 Å². The molecule has 1 fully saturated rings. The van der Waals surface area contributed by atoms with E-state index in [4.69, 9.17) is 5.73 Å². The summed E-state index contributed by atoms with van der Waals surface area (Å²) in [4.78, 5) is 24.4. The first-order valence-electron chi connectivity index (χ1n) is 6.14. The number of hydrogen-bond donors (Lipinski definition) is 3. The molecule has 0 aromatic heterocycles. The Morgan fingerprint density at radius 3 is 2.61 bits per heavy atom. The molecule has 2 heterocycles. The summed E-state index contributed by atoms with van der Waals surface area (Å²) in [6, 6.07) is -0.876. The van der Waals surface area contributed by atoms with Gasteiger partial charge in [-0.1, -0.05) is 13.3 Å². The molecule has 18 heavy (non-hydrogen) atoms. The summed E-state index contributed by atoms with van der Waals surface area (Å²) in [6.45, 7) is 3.47. The van der Waals surface area contributed by atoms with Gasteiger partial charge in [0.05, 0.1) is 24.1 Å². The first kappa shape index (κ1) is 13.0. The van der Waals surface area contributed by atoms with E-state index in [1.165, 1.54) is 11.8 Å². The summed E-state index contributed by atoms with van der Waals surface area (Å²) in [6.07, 6.45) is 0.532. The van der Waals surface area contributed by atoms with Gasteiger partial charge in [-0.25, -0.2) is 4.79 Å². The topological polar surface area (TPSA) is 104 Å². The number of amides is 1. The van der Waals surface area contributed by atoms with E-state index >= 15 is 0 Å². The van der Waals surface area contributed by atoms with Crippen molar-refractivity contribution in [2.45, 2.75) is 44.9 Å². The number of carboxylic acid groups (broad SMARTS) is 1. The Balaban J connectivity index is 2.37. The fourth-order valence-electron chi connectivity index (χ4n) is 2.98. The van der Waals surface area contributed by atoms with Crippen molar-refractivity contribution in [2.75, 3.05) is 0 Å². The standard InChI is InChI=1S/C12H18N2O4/c1-3-4-6-8(13)10-7(5(2)15)11(16)14(10)9(6)12(17)18/h5,7-8,10,15H,3-4,13H2,1-2H3,(H,17,18). The molecule has 4 atom stereocenters. The zero-order valence-electron chi connectivity index (χ0n) is 10.5. The zero-order chi connectivity index (χ0) is 13.6. The Kier molecular flexibility index (Phi) is 3.16. The molecule has 4 N–H and O–H groups in total. The van der Waals surface area contributed by atoms with Gasteiger partial charge < -0.3 is 15.9 Å². The molecule has 0 aromatic rings. The van der Waals surface area contributed by atoms with Gasteiger partial charge in [-0.3, -0.25) is 9.69 Å². The molecule has 0 bridgehead atoms. The molecule has 0 saturated carbocycles. The Hall–Kier alpha value is -1.40. The van der Waals surface area contributed by atoms with Gasteiger partial charge in [0.25, 0.3) is 0 Å². The van der Waals surface area contributed by atoms with Gasteiger partial charge in [-0.15, -0.1) is 0 Å². The van der Waals surface area contributed by atoms with Gasteiger partial charge in [0.1, 0.15) is 5.70 Å². The molecule has 1 saturated heterocycles. The maximum atomic E-state index is 11.9. The molecule has 6 heteroatoms. The lowest BCUT2D eigenvalue weighted by Crippen LogP contribution is -2.66. The quantitative estimate of drug-likeness (QED) is 0.596. The second-order valence-corrected chi connectivity index (χ2v) is 4.92. The van der Waals surface area contributed by atoms with Gasteiger partial charge in [0.15, 0.2) is 0 Å². The normalized spacial score (nSPS) is 32.3. The van der Waals surface area contributed by atoms with Crippen LogP contribution in [0, 0.1) is 5.92 Å². The lowest BCUT2D eigenvalue weighted by atomic mass is 9.80. The predicted molar refractivity (Wildman–Crippen MR) is 63.4 cm³/mol. The first-order valence-corrected chi connectivity index (χ1v) is 6.14. The van der Waals surface area contributed by atoms with Crippen molar-refractivity contribution < 1.29 is 19.8 Å². The number of β-lactam (4-membered cyclic amide) rings is 1. The SMILES string of the molecule is CCCC1=C(C(=O)O)N2C(=O)C(C(C)O)C2C1N. The molecule has 2 rings (SSSR count). The van der Waals surface area contributed by atoms with Gasteiger partial charge in [-0.05, 0) is 18.9 Å². The Morgan fingerprint density at radius 2 is 2.17 bits per heavy atom. The lowest BCUT2D eigenvalue weighted by molar-refractivity contribution is -0.161. The van der Waals surface area contributed by atoms with Gasteiger partial charge in [0, 0.05) is 0 Å². The number of rotatable bonds is 4. The predicted octanol–water partition coefficient (Wildman–Crippen LogP) is -0.326. The molecule has 2 aliphatic heterocycles. The van der Waals surface area contributed by atoms with Crippen LogP contribution in [0.3, 0.4) is 0 Å². The van der Waals surface area contributed by atoms with Crippen molar-refractivity contribution in [2.24, 2.45) is 11.7 Å². The fourth-order valence-corrected chi connectivity index (χ4v) is 2.98.